The van der Waals surface area contributed by atoms with Crippen molar-refractivity contribution in [2.75, 3.05) is 19.5 Å². The van der Waals surface area contributed by atoms with Crippen LogP contribution in [0.5, 0.6) is 11.5 Å². The smallest absolute Gasteiger partial charge is 0.246 e. The number of nitrogens with zero attached hydrogens (tertiary/aromatic N) is 4. The van der Waals surface area contributed by atoms with Gasteiger partial charge in [-0.1, -0.05) is 23.2 Å². The van der Waals surface area contributed by atoms with E-state index in [1.54, 1.807) is 36.4 Å². The lowest BCUT2D eigenvalue weighted by atomic mass is 10.2. The normalized spacial score (nSPS) is 10.5. The minimum atomic E-state index is -0.350. The summed E-state index contributed by atoms with van der Waals surface area (Å²) in [6, 6.07) is 10.1. The molecule has 3 rings (SSSR count). The zero-order chi connectivity index (χ0) is 19.4. The van der Waals surface area contributed by atoms with Crippen LogP contribution in [0.2, 0.25) is 10.0 Å². The number of carbonyl (C=O) groups is 1. The van der Waals surface area contributed by atoms with Gasteiger partial charge in [0.05, 0.1) is 24.9 Å². The summed E-state index contributed by atoms with van der Waals surface area (Å²) in [5.74, 6) is 0.954. The zero-order valence-electron chi connectivity index (χ0n) is 14.4. The first kappa shape index (κ1) is 18.9. The number of hydrogen-bond donors (Lipinski definition) is 1. The van der Waals surface area contributed by atoms with Crippen LogP contribution in [0.3, 0.4) is 0 Å². The quantitative estimate of drug-likeness (QED) is 0.673. The number of carbonyl (C=O) groups excluding carboxylic acids is 1. The Bertz CT molecular complexity index is 960. The van der Waals surface area contributed by atoms with E-state index in [4.69, 9.17) is 32.7 Å². The van der Waals surface area contributed by atoms with Crippen LogP contribution in [0.1, 0.15) is 0 Å². The summed E-state index contributed by atoms with van der Waals surface area (Å²) in [5, 5.41) is 15.2. The molecule has 0 bridgehead atoms. The van der Waals surface area contributed by atoms with Gasteiger partial charge in [0.1, 0.15) is 18.0 Å². The number of benzene rings is 2. The van der Waals surface area contributed by atoms with Crippen LogP contribution in [0, 0.1) is 0 Å². The number of nitrogens with one attached hydrogen (secondary N) is 1. The number of amides is 1. The molecule has 1 heterocycles. The Labute approximate surface area is 165 Å². The Morgan fingerprint density at radius 3 is 2.48 bits per heavy atom. The van der Waals surface area contributed by atoms with Gasteiger partial charge in [-0.05, 0) is 40.8 Å². The molecule has 0 spiro atoms. The van der Waals surface area contributed by atoms with Gasteiger partial charge in [-0.2, -0.15) is 0 Å². The van der Waals surface area contributed by atoms with Crippen molar-refractivity contribution in [1.82, 2.24) is 20.2 Å². The maximum Gasteiger partial charge on any atom is 0.246 e. The predicted octanol–water partition coefficient (Wildman–Crippen LogP) is 3.30. The van der Waals surface area contributed by atoms with Gasteiger partial charge in [-0.3, -0.25) is 4.79 Å². The number of halogens is 2. The first-order chi connectivity index (χ1) is 13.0. The second-order valence-electron chi connectivity index (χ2n) is 5.40. The Kier molecular flexibility index (Phi) is 5.78. The standard InChI is InChI=1S/C17H15Cl2N5O3/c1-26-14-8-15(27-2)13(7-12(14)19)20-16(25)9-24-17(21-22-23-24)10-3-5-11(18)6-4-10/h3-8H,9H2,1-2H3,(H,20,25). The van der Waals surface area contributed by atoms with Crippen molar-refractivity contribution in [3.05, 3.63) is 46.4 Å². The molecule has 1 N–H and O–H groups in total. The number of anilines is 1. The van der Waals surface area contributed by atoms with Gasteiger partial charge in [-0.15, -0.1) is 5.10 Å². The average molecular weight is 408 g/mol. The van der Waals surface area contributed by atoms with Crippen molar-refractivity contribution in [3.63, 3.8) is 0 Å². The van der Waals surface area contributed by atoms with Crippen molar-refractivity contribution in [1.29, 1.82) is 0 Å². The molecule has 0 atom stereocenters. The van der Waals surface area contributed by atoms with Crippen LogP contribution in [-0.4, -0.2) is 40.3 Å². The summed E-state index contributed by atoms with van der Waals surface area (Å²) < 4.78 is 11.8. The lowest BCUT2D eigenvalue weighted by Gasteiger charge is -2.13. The number of aromatic nitrogens is 4. The lowest BCUT2D eigenvalue weighted by molar-refractivity contribution is -0.116. The molecule has 0 aliphatic rings. The van der Waals surface area contributed by atoms with E-state index in [9.17, 15) is 4.79 Å². The average Bonchev–Trinajstić information content (AvgIpc) is 3.10. The molecule has 1 amide bonds. The van der Waals surface area contributed by atoms with E-state index in [0.29, 0.717) is 33.1 Å². The van der Waals surface area contributed by atoms with E-state index in [-0.39, 0.29) is 12.5 Å². The van der Waals surface area contributed by atoms with E-state index >= 15 is 0 Å². The molecule has 27 heavy (non-hydrogen) atoms. The molecule has 10 heteroatoms. The molecular weight excluding hydrogens is 393 g/mol. The molecule has 1 aromatic heterocycles. The third kappa shape index (κ3) is 4.29. The number of methoxy groups -OCH3 is 2. The molecule has 0 saturated heterocycles. The van der Waals surface area contributed by atoms with Crippen LogP contribution in [-0.2, 0) is 11.3 Å². The first-order valence-corrected chi connectivity index (χ1v) is 8.51. The monoisotopic (exact) mass is 407 g/mol. The summed E-state index contributed by atoms with van der Waals surface area (Å²) in [5.41, 5.74) is 1.15. The molecule has 3 aromatic rings. The molecular formula is C17H15Cl2N5O3. The van der Waals surface area contributed by atoms with Crippen LogP contribution in [0.4, 0.5) is 5.69 Å². The third-order valence-electron chi connectivity index (χ3n) is 3.68. The molecule has 0 saturated carbocycles. The summed E-state index contributed by atoms with van der Waals surface area (Å²) in [6.07, 6.45) is 0. The van der Waals surface area contributed by atoms with E-state index in [1.807, 2.05) is 0 Å². The summed E-state index contributed by atoms with van der Waals surface area (Å²) in [4.78, 5) is 12.5. The summed E-state index contributed by atoms with van der Waals surface area (Å²) >= 11 is 12.0. The van der Waals surface area contributed by atoms with Crippen molar-refractivity contribution in [3.8, 4) is 22.9 Å². The second kappa shape index (κ2) is 8.24. The van der Waals surface area contributed by atoms with Crippen LogP contribution >= 0.6 is 23.2 Å². The fourth-order valence-corrected chi connectivity index (χ4v) is 2.77. The number of rotatable bonds is 6. The minimum absolute atomic E-state index is 0.0994. The Morgan fingerprint density at radius 2 is 1.81 bits per heavy atom. The third-order valence-corrected chi connectivity index (χ3v) is 4.22. The molecule has 0 radical (unpaired) electrons. The number of ether oxygens (including phenoxy) is 2. The van der Waals surface area contributed by atoms with Crippen molar-refractivity contribution in [2.24, 2.45) is 0 Å². The largest absolute Gasteiger partial charge is 0.495 e. The molecule has 0 unspecified atom stereocenters. The maximum absolute atomic E-state index is 12.5. The Hall–Kier alpha value is -2.84. The second-order valence-corrected chi connectivity index (χ2v) is 6.25. The van der Waals surface area contributed by atoms with Crippen LogP contribution < -0.4 is 14.8 Å². The Morgan fingerprint density at radius 1 is 1.11 bits per heavy atom. The lowest BCUT2D eigenvalue weighted by Crippen LogP contribution is -2.20. The molecule has 8 nitrogen and oxygen atoms in total. The predicted molar refractivity (Wildman–Crippen MR) is 101 cm³/mol. The van der Waals surface area contributed by atoms with Gasteiger partial charge >= 0.3 is 0 Å². The van der Waals surface area contributed by atoms with Gasteiger partial charge in [0, 0.05) is 16.7 Å². The zero-order valence-corrected chi connectivity index (χ0v) is 16.0. The van der Waals surface area contributed by atoms with Gasteiger partial charge in [0.25, 0.3) is 0 Å². The van der Waals surface area contributed by atoms with E-state index in [0.717, 1.165) is 5.56 Å². The minimum Gasteiger partial charge on any atom is -0.495 e. The van der Waals surface area contributed by atoms with Crippen molar-refractivity contribution in [2.45, 2.75) is 6.54 Å². The number of tetrazole rings is 1. The Balaban J connectivity index is 1.79. The SMILES string of the molecule is COc1cc(OC)c(NC(=O)Cn2nnnc2-c2ccc(Cl)cc2)cc1Cl. The highest BCUT2D eigenvalue weighted by atomic mass is 35.5. The van der Waals surface area contributed by atoms with Crippen molar-refractivity contribution >= 4 is 34.8 Å². The van der Waals surface area contributed by atoms with Gasteiger partial charge in [-0.25, -0.2) is 4.68 Å². The van der Waals surface area contributed by atoms with Gasteiger partial charge < -0.3 is 14.8 Å². The summed E-state index contributed by atoms with van der Waals surface area (Å²) in [6.45, 7) is -0.0994. The van der Waals surface area contributed by atoms with Crippen LogP contribution in [0.25, 0.3) is 11.4 Å². The fraction of sp³-hybridized carbons (Fsp3) is 0.176. The molecule has 0 aliphatic heterocycles. The summed E-state index contributed by atoms with van der Waals surface area (Å²) in [7, 11) is 2.98. The van der Waals surface area contributed by atoms with Crippen molar-refractivity contribution < 1.29 is 14.3 Å². The highest BCUT2D eigenvalue weighted by Gasteiger charge is 2.16. The van der Waals surface area contributed by atoms with E-state index in [2.05, 4.69) is 20.8 Å². The highest BCUT2D eigenvalue weighted by molar-refractivity contribution is 6.32. The number of hydrogen-bond acceptors (Lipinski definition) is 6. The van der Waals surface area contributed by atoms with Crippen LogP contribution in [0.15, 0.2) is 36.4 Å². The maximum atomic E-state index is 12.5. The molecule has 140 valence electrons. The van der Waals surface area contributed by atoms with Gasteiger partial charge in [0.2, 0.25) is 5.91 Å². The fourth-order valence-electron chi connectivity index (χ4n) is 2.40. The molecule has 2 aromatic carbocycles. The molecule has 0 fully saturated rings. The van der Waals surface area contributed by atoms with E-state index < -0.39 is 0 Å². The van der Waals surface area contributed by atoms with Gasteiger partial charge in [0.15, 0.2) is 5.82 Å². The van der Waals surface area contributed by atoms with E-state index in [1.165, 1.54) is 18.9 Å². The first-order valence-electron chi connectivity index (χ1n) is 7.75. The molecule has 0 aliphatic carbocycles. The topological polar surface area (TPSA) is 91.2 Å². The highest BCUT2D eigenvalue weighted by Crippen LogP contribution is 2.35.